The van der Waals surface area contributed by atoms with Crippen molar-refractivity contribution >= 4 is 16.7 Å². The van der Waals surface area contributed by atoms with Gasteiger partial charge >= 0.3 is 5.97 Å². The molecular weight excluding hydrogens is 238 g/mol. The van der Waals surface area contributed by atoms with Crippen molar-refractivity contribution in [2.24, 2.45) is 0 Å². The summed E-state index contributed by atoms with van der Waals surface area (Å²) in [4.78, 5) is 11.0. The first kappa shape index (κ1) is 13.6. The van der Waals surface area contributed by atoms with E-state index >= 15 is 0 Å². The second-order valence-corrected chi connectivity index (χ2v) is 4.59. The van der Waals surface area contributed by atoms with Gasteiger partial charge in [-0.05, 0) is 28.8 Å². The molecule has 2 aromatic carbocycles. The van der Waals surface area contributed by atoms with Crippen LogP contribution < -0.4 is 5.32 Å². The topological polar surface area (TPSA) is 38.3 Å². The maximum absolute atomic E-state index is 11.0. The average molecular weight is 257 g/mol. The lowest BCUT2D eigenvalue weighted by Gasteiger charge is -2.11. The summed E-state index contributed by atoms with van der Waals surface area (Å²) in [6.45, 7) is 3.52. The molecule has 0 amide bonds. The van der Waals surface area contributed by atoms with Crippen LogP contribution in [0.2, 0.25) is 0 Å². The summed E-state index contributed by atoms with van der Waals surface area (Å²) in [6, 6.07) is 12.6. The minimum atomic E-state index is -0.179. The highest BCUT2D eigenvalue weighted by Gasteiger charge is 2.05. The van der Waals surface area contributed by atoms with Crippen LogP contribution in [0.1, 0.15) is 17.5 Å². The first-order valence-electron chi connectivity index (χ1n) is 6.47. The maximum atomic E-state index is 11.0. The van der Waals surface area contributed by atoms with Gasteiger partial charge in [0.15, 0.2) is 0 Å². The van der Waals surface area contributed by atoms with Gasteiger partial charge in [-0.1, -0.05) is 36.4 Å². The van der Waals surface area contributed by atoms with E-state index in [2.05, 4.69) is 47.3 Å². The third-order valence-electron chi connectivity index (χ3n) is 3.31. The highest BCUT2D eigenvalue weighted by atomic mass is 16.5. The number of aryl methyl sites for hydroxylation is 1. The van der Waals surface area contributed by atoms with E-state index in [0.717, 1.165) is 6.54 Å². The van der Waals surface area contributed by atoms with Crippen LogP contribution in [0.4, 0.5) is 0 Å². The molecular formula is C16H19NO2. The molecule has 0 saturated carbocycles. The van der Waals surface area contributed by atoms with Crippen LogP contribution in [0.15, 0.2) is 36.4 Å². The fourth-order valence-corrected chi connectivity index (χ4v) is 2.19. The van der Waals surface area contributed by atoms with Gasteiger partial charge in [0, 0.05) is 13.1 Å². The molecule has 0 spiro atoms. The highest BCUT2D eigenvalue weighted by Crippen LogP contribution is 2.21. The van der Waals surface area contributed by atoms with E-state index in [1.54, 1.807) is 0 Å². The number of esters is 1. The molecule has 0 heterocycles. The zero-order valence-electron chi connectivity index (χ0n) is 11.4. The van der Waals surface area contributed by atoms with E-state index in [-0.39, 0.29) is 5.97 Å². The standard InChI is InChI=1S/C16H19NO2/c1-12-7-8-13-5-3-4-6-14(13)15(12)11-17-10-9-16(18)19-2/h3-8,17H,9-11H2,1-2H3. The Kier molecular flexibility index (Phi) is 4.53. The SMILES string of the molecule is COC(=O)CCNCc1c(C)ccc2ccccc12. The molecule has 3 nitrogen and oxygen atoms in total. The zero-order valence-corrected chi connectivity index (χ0v) is 11.4. The lowest BCUT2D eigenvalue weighted by molar-refractivity contribution is -0.140. The molecule has 2 aromatic rings. The van der Waals surface area contributed by atoms with Crippen LogP contribution in [-0.2, 0) is 16.1 Å². The third kappa shape index (κ3) is 3.32. The van der Waals surface area contributed by atoms with E-state index in [1.807, 2.05) is 6.07 Å². The maximum Gasteiger partial charge on any atom is 0.306 e. The summed E-state index contributed by atoms with van der Waals surface area (Å²) in [6.07, 6.45) is 0.403. The van der Waals surface area contributed by atoms with Gasteiger partial charge in [-0.15, -0.1) is 0 Å². The minimum absolute atomic E-state index is 0.179. The van der Waals surface area contributed by atoms with Crippen molar-refractivity contribution in [3.05, 3.63) is 47.5 Å². The predicted molar refractivity (Wildman–Crippen MR) is 77.0 cm³/mol. The van der Waals surface area contributed by atoms with Gasteiger partial charge in [0.1, 0.15) is 0 Å². The van der Waals surface area contributed by atoms with Crippen LogP contribution in [0.5, 0.6) is 0 Å². The van der Waals surface area contributed by atoms with Crippen LogP contribution >= 0.6 is 0 Å². The quantitative estimate of drug-likeness (QED) is 0.661. The second-order valence-electron chi connectivity index (χ2n) is 4.59. The number of carbonyl (C=O) groups excluding carboxylic acids is 1. The molecule has 0 saturated heterocycles. The lowest BCUT2D eigenvalue weighted by atomic mass is 10.00. The van der Waals surface area contributed by atoms with E-state index in [0.29, 0.717) is 13.0 Å². The molecule has 0 fully saturated rings. The molecule has 0 aliphatic rings. The monoisotopic (exact) mass is 257 g/mol. The lowest BCUT2D eigenvalue weighted by Crippen LogP contribution is -2.19. The zero-order chi connectivity index (χ0) is 13.7. The smallest absolute Gasteiger partial charge is 0.306 e. The molecule has 19 heavy (non-hydrogen) atoms. The minimum Gasteiger partial charge on any atom is -0.469 e. The summed E-state index contributed by atoms with van der Waals surface area (Å²) in [5.74, 6) is -0.179. The van der Waals surface area contributed by atoms with E-state index in [4.69, 9.17) is 0 Å². The number of hydrogen-bond donors (Lipinski definition) is 1. The number of nitrogens with one attached hydrogen (secondary N) is 1. The fourth-order valence-electron chi connectivity index (χ4n) is 2.19. The molecule has 0 aliphatic carbocycles. The predicted octanol–water partition coefficient (Wildman–Crippen LogP) is 2.80. The first-order chi connectivity index (χ1) is 9.22. The van der Waals surface area contributed by atoms with Crippen molar-refractivity contribution in [2.45, 2.75) is 19.9 Å². The Balaban J connectivity index is 2.07. The fraction of sp³-hybridized carbons (Fsp3) is 0.312. The molecule has 1 N–H and O–H groups in total. The number of methoxy groups -OCH3 is 1. The number of hydrogen-bond acceptors (Lipinski definition) is 3. The molecule has 100 valence electrons. The molecule has 0 aromatic heterocycles. The van der Waals surface area contributed by atoms with Crippen molar-refractivity contribution in [1.29, 1.82) is 0 Å². The Hall–Kier alpha value is -1.87. The van der Waals surface area contributed by atoms with Gasteiger partial charge in [-0.25, -0.2) is 0 Å². The van der Waals surface area contributed by atoms with Crippen molar-refractivity contribution in [1.82, 2.24) is 5.32 Å². The van der Waals surface area contributed by atoms with Gasteiger partial charge in [0.25, 0.3) is 0 Å². The Labute approximate surface area is 113 Å². The Morgan fingerprint density at radius 3 is 2.79 bits per heavy atom. The van der Waals surface area contributed by atoms with Crippen LogP contribution in [0, 0.1) is 6.92 Å². The van der Waals surface area contributed by atoms with E-state index in [1.165, 1.54) is 29.0 Å². The Morgan fingerprint density at radius 2 is 2.00 bits per heavy atom. The number of fused-ring (bicyclic) bond motifs is 1. The Bertz CT molecular complexity index is 578. The molecule has 0 bridgehead atoms. The number of carbonyl (C=O) groups is 1. The van der Waals surface area contributed by atoms with Crippen molar-refractivity contribution < 1.29 is 9.53 Å². The van der Waals surface area contributed by atoms with Gasteiger partial charge in [0.2, 0.25) is 0 Å². The molecule has 2 rings (SSSR count). The number of ether oxygens (including phenoxy) is 1. The van der Waals surface area contributed by atoms with Crippen molar-refractivity contribution in [3.8, 4) is 0 Å². The van der Waals surface area contributed by atoms with E-state index in [9.17, 15) is 4.79 Å². The molecule has 0 unspecified atom stereocenters. The van der Waals surface area contributed by atoms with Crippen molar-refractivity contribution in [3.63, 3.8) is 0 Å². The molecule has 0 atom stereocenters. The van der Waals surface area contributed by atoms with Crippen LogP contribution in [0.3, 0.4) is 0 Å². The largest absolute Gasteiger partial charge is 0.469 e. The number of rotatable bonds is 5. The summed E-state index contributed by atoms with van der Waals surface area (Å²) >= 11 is 0. The molecule has 0 aliphatic heterocycles. The van der Waals surface area contributed by atoms with Gasteiger partial charge in [-0.2, -0.15) is 0 Å². The van der Waals surface area contributed by atoms with Crippen molar-refractivity contribution in [2.75, 3.05) is 13.7 Å². The number of benzene rings is 2. The third-order valence-corrected chi connectivity index (χ3v) is 3.31. The van der Waals surface area contributed by atoms with Gasteiger partial charge in [-0.3, -0.25) is 4.79 Å². The average Bonchev–Trinajstić information content (AvgIpc) is 2.45. The van der Waals surface area contributed by atoms with E-state index < -0.39 is 0 Å². The Morgan fingerprint density at radius 1 is 1.21 bits per heavy atom. The second kappa shape index (κ2) is 6.34. The summed E-state index contributed by atoms with van der Waals surface area (Å²) in [5, 5.41) is 5.82. The highest BCUT2D eigenvalue weighted by molar-refractivity contribution is 5.86. The van der Waals surface area contributed by atoms with Crippen LogP contribution in [0.25, 0.3) is 10.8 Å². The summed E-state index contributed by atoms with van der Waals surface area (Å²) in [7, 11) is 1.41. The summed E-state index contributed by atoms with van der Waals surface area (Å²) in [5.41, 5.74) is 2.56. The molecule has 3 heteroatoms. The van der Waals surface area contributed by atoms with Gasteiger partial charge < -0.3 is 10.1 Å². The normalized spacial score (nSPS) is 10.6. The summed E-state index contributed by atoms with van der Waals surface area (Å²) < 4.78 is 4.62. The molecule has 0 radical (unpaired) electrons. The van der Waals surface area contributed by atoms with Gasteiger partial charge in [0.05, 0.1) is 13.5 Å². The van der Waals surface area contributed by atoms with Crippen LogP contribution in [-0.4, -0.2) is 19.6 Å². The first-order valence-corrected chi connectivity index (χ1v) is 6.47.